The Bertz CT molecular complexity index is 483. The fraction of sp³-hybridized carbons (Fsp3) is 0.545. The van der Waals surface area contributed by atoms with E-state index in [0.29, 0.717) is 24.3 Å². The van der Waals surface area contributed by atoms with Crippen molar-refractivity contribution in [3.8, 4) is 0 Å². The van der Waals surface area contributed by atoms with Crippen molar-refractivity contribution in [2.75, 3.05) is 11.9 Å². The quantitative estimate of drug-likeness (QED) is 0.815. The van der Waals surface area contributed by atoms with Gasteiger partial charge in [-0.2, -0.15) is 5.10 Å². The van der Waals surface area contributed by atoms with Gasteiger partial charge in [-0.05, 0) is 19.8 Å². The number of carbonyl (C=O) groups is 2. The van der Waals surface area contributed by atoms with E-state index in [1.54, 1.807) is 24.9 Å². The maximum atomic E-state index is 12.0. The van der Waals surface area contributed by atoms with E-state index in [4.69, 9.17) is 5.11 Å². The van der Waals surface area contributed by atoms with Crippen LogP contribution in [0.1, 0.15) is 18.5 Å². The minimum atomic E-state index is -0.953. The van der Waals surface area contributed by atoms with Crippen molar-refractivity contribution < 1.29 is 14.7 Å². The van der Waals surface area contributed by atoms with Crippen molar-refractivity contribution in [2.24, 2.45) is 7.05 Å². The zero-order valence-electron chi connectivity index (χ0n) is 10.4. The molecular weight excluding hydrogens is 236 g/mol. The number of urea groups is 1. The number of aliphatic carboxylic acids is 1. The Balaban J connectivity index is 2.08. The number of hydrogen-bond acceptors (Lipinski definition) is 3. The molecule has 2 amide bonds. The zero-order valence-corrected chi connectivity index (χ0v) is 10.4. The van der Waals surface area contributed by atoms with Gasteiger partial charge in [-0.3, -0.25) is 4.68 Å². The molecular formula is C11H16N4O3. The van der Waals surface area contributed by atoms with Crippen LogP contribution in [-0.4, -0.2) is 44.4 Å². The number of carboxylic acid groups (broad SMARTS) is 1. The predicted molar refractivity (Wildman–Crippen MR) is 64.3 cm³/mol. The summed E-state index contributed by atoms with van der Waals surface area (Å²) in [5.74, 6) is -0.953. The van der Waals surface area contributed by atoms with Gasteiger partial charge in [0, 0.05) is 19.8 Å². The molecule has 0 radical (unpaired) electrons. The highest BCUT2D eigenvalue weighted by Gasteiger charge is 2.34. The van der Waals surface area contributed by atoms with E-state index in [1.165, 1.54) is 4.90 Å². The highest BCUT2D eigenvalue weighted by atomic mass is 16.4. The molecule has 0 spiro atoms. The molecule has 1 aliphatic heterocycles. The Kier molecular flexibility index (Phi) is 3.22. The molecule has 0 aliphatic carbocycles. The maximum absolute atomic E-state index is 12.0. The Labute approximate surface area is 104 Å². The highest BCUT2D eigenvalue weighted by Crippen LogP contribution is 2.20. The van der Waals surface area contributed by atoms with Crippen LogP contribution in [0.15, 0.2) is 6.20 Å². The summed E-state index contributed by atoms with van der Waals surface area (Å²) >= 11 is 0. The summed E-state index contributed by atoms with van der Waals surface area (Å²) in [5.41, 5.74) is 1.32. The smallest absolute Gasteiger partial charge is 0.326 e. The molecule has 1 aliphatic rings. The Morgan fingerprint density at radius 2 is 2.28 bits per heavy atom. The highest BCUT2D eigenvalue weighted by molar-refractivity contribution is 5.93. The van der Waals surface area contributed by atoms with E-state index in [9.17, 15) is 9.59 Å². The normalized spacial score (nSPS) is 19.0. The number of nitrogens with zero attached hydrogens (tertiary/aromatic N) is 3. The van der Waals surface area contributed by atoms with Gasteiger partial charge in [0.2, 0.25) is 0 Å². The van der Waals surface area contributed by atoms with E-state index in [0.717, 1.165) is 6.42 Å². The first-order valence-electron chi connectivity index (χ1n) is 5.79. The van der Waals surface area contributed by atoms with Gasteiger partial charge in [0.15, 0.2) is 0 Å². The van der Waals surface area contributed by atoms with Gasteiger partial charge in [0.25, 0.3) is 0 Å². The van der Waals surface area contributed by atoms with Gasteiger partial charge in [-0.1, -0.05) is 0 Å². The molecule has 1 atom stereocenters. The number of likely N-dealkylation sites (tertiary alicyclic amines) is 1. The molecule has 2 rings (SSSR count). The van der Waals surface area contributed by atoms with Gasteiger partial charge >= 0.3 is 12.0 Å². The van der Waals surface area contributed by atoms with Crippen molar-refractivity contribution in [1.29, 1.82) is 0 Å². The van der Waals surface area contributed by atoms with Crippen LogP contribution < -0.4 is 5.32 Å². The summed E-state index contributed by atoms with van der Waals surface area (Å²) in [6, 6.07) is -1.10. The van der Waals surface area contributed by atoms with Crippen LogP contribution in [0.4, 0.5) is 10.5 Å². The number of carbonyl (C=O) groups excluding carboxylic acids is 1. The lowest BCUT2D eigenvalue weighted by Crippen LogP contribution is -2.42. The first-order chi connectivity index (χ1) is 8.49. The van der Waals surface area contributed by atoms with E-state index >= 15 is 0 Å². The van der Waals surface area contributed by atoms with Crippen LogP contribution in [0.5, 0.6) is 0 Å². The number of rotatable bonds is 2. The van der Waals surface area contributed by atoms with Gasteiger partial charge in [-0.15, -0.1) is 0 Å². The molecule has 1 saturated heterocycles. The second kappa shape index (κ2) is 4.67. The van der Waals surface area contributed by atoms with E-state index < -0.39 is 12.0 Å². The molecule has 0 saturated carbocycles. The van der Waals surface area contributed by atoms with E-state index in [2.05, 4.69) is 10.4 Å². The van der Waals surface area contributed by atoms with Gasteiger partial charge in [0.1, 0.15) is 6.04 Å². The SMILES string of the molecule is Cc1nn(C)cc1NC(=O)N1CCCC1C(=O)O. The standard InChI is InChI=1S/C11H16N4O3/c1-7-8(6-14(2)13-7)12-11(18)15-5-3-4-9(15)10(16)17/h6,9H,3-5H2,1-2H3,(H,12,18)(H,16,17). The molecule has 98 valence electrons. The van der Waals surface area contributed by atoms with Crippen molar-refractivity contribution in [2.45, 2.75) is 25.8 Å². The zero-order chi connectivity index (χ0) is 13.3. The molecule has 2 N–H and O–H groups in total. The molecule has 0 aromatic carbocycles. The lowest BCUT2D eigenvalue weighted by Gasteiger charge is -2.21. The molecule has 0 bridgehead atoms. The minimum Gasteiger partial charge on any atom is -0.480 e. The summed E-state index contributed by atoms with van der Waals surface area (Å²) in [5, 5.41) is 15.8. The molecule has 7 nitrogen and oxygen atoms in total. The number of anilines is 1. The van der Waals surface area contributed by atoms with Crippen LogP contribution in [0.3, 0.4) is 0 Å². The molecule has 1 aromatic rings. The molecule has 1 unspecified atom stereocenters. The third-order valence-corrected chi connectivity index (χ3v) is 3.05. The fourth-order valence-electron chi connectivity index (χ4n) is 2.18. The molecule has 18 heavy (non-hydrogen) atoms. The molecule has 1 aromatic heterocycles. The number of carboxylic acids is 1. The van der Waals surface area contributed by atoms with Crippen molar-refractivity contribution in [1.82, 2.24) is 14.7 Å². The fourth-order valence-corrected chi connectivity index (χ4v) is 2.18. The van der Waals surface area contributed by atoms with Crippen LogP contribution in [0, 0.1) is 6.92 Å². The summed E-state index contributed by atoms with van der Waals surface area (Å²) in [6.45, 7) is 2.26. The van der Waals surface area contributed by atoms with Crippen molar-refractivity contribution >= 4 is 17.7 Å². The maximum Gasteiger partial charge on any atom is 0.326 e. The summed E-state index contributed by atoms with van der Waals surface area (Å²) in [4.78, 5) is 24.4. The topological polar surface area (TPSA) is 87.5 Å². The molecule has 7 heteroatoms. The van der Waals surface area contributed by atoms with Crippen LogP contribution in [-0.2, 0) is 11.8 Å². The van der Waals surface area contributed by atoms with Crippen molar-refractivity contribution in [3.63, 3.8) is 0 Å². The Hall–Kier alpha value is -2.05. The summed E-state index contributed by atoms with van der Waals surface area (Å²) < 4.78 is 1.60. The lowest BCUT2D eigenvalue weighted by atomic mass is 10.2. The largest absolute Gasteiger partial charge is 0.480 e. The third kappa shape index (κ3) is 2.29. The average Bonchev–Trinajstić information content (AvgIpc) is 2.86. The first kappa shape index (κ1) is 12.4. The van der Waals surface area contributed by atoms with E-state index in [-0.39, 0.29) is 6.03 Å². The number of aryl methyl sites for hydroxylation is 2. The monoisotopic (exact) mass is 252 g/mol. The van der Waals surface area contributed by atoms with Crippen LogP contribution >= 0.6 is 0 Å². The summed E-state index contributed by atoms with van der Waals surface area (Å²) in [6.07, 6.45) is 2.92. The van der Waals surface area contributed by atoms with E-state index in [1.807, 2.05) is 0 Å². The minimum absolute atomic E-state index is 0.379. The van der Waals surface area contributed by atoms with Crippen LogP contribution in [0.25, 0.3) is 0 Å². The second-order valence-electron chi connectivity index (χ2n) is 4.42. The number of nitrogens with one attached hydrogen (secondary N) is 1. The van der Waals surface area contributed by atoms with Gasteiger partial charge in [0.05, 0.1) is 11.4 Å². The Morgan fingerprint density at radius 1 is 1.56 bits per heavy atom. The summed E-state index contributed by atoms with van der Waals surface area (Å²) in [7, 11) is 1.76. The molecule has 2 heterocycles. The molecule has 1 fully saturated rings. The van der Waals surface area contributed by atoms with Gasteiger partial charge in [-0.25, -0.2) is 9.59 Å². The Morgan fingerprint density at radius 3 is 2.83 bits per heavy atom. The van der Waals surface area contributed by atoms with Gasteiger partial charge < -0.3 is 15.3 Å². The first-order valence-corrected chi connectivity index (χ1v) is 5.79. The second-order valence-corrected chi connectivity index (χ2v) is 4.42. The van der Waals surface area contributed by atoms with Crippen LogP contribution in [0.2, 0.25) is 0 Å². The number of amides is 2. The number of aromatic nitrogens is 2. The predicted octanol–water partition coefficient (Wildman–Crippen LogP) is 0.809. The number of hydrogen-bond donors (Lipinski definition) is 2. The van der Waals surface area contributed by atoms with Crippen molar-refractivity contribution in [3.05, 3.63) is 11.9 Å². The third-order valence-electron chi connectivity index (χ3n) is 3.05. The lowest BCUT2D eigenvalue weighted by molar-refractivity contribution is -0.141. The average molecular weight is 252 g/mol.